The van der Waals surface area contributed by atoms with Gasteiger partial charge in [-0.2, -0.15) is 0 Å². The largest absolute Gasteiger partial charge is 0.143 e. The van der Waals surface area contributed by atoms with Gasteiger partial charge in [-0.15, -0.1) is 11.8 Å². The van der Waals surface area contributed by atoms with E-state index in [-0.39, 0.29) is 0 Å². The van der Waals surface area contributed by atoms with Crippen LogP contribution in [-0.2, 0) is 0 Å². The Bertz CT molecular complexity index is 136. The molecule has 0 saturated heterocycles. The summed E-state index contributed by atoms with van der Waals surface area (Å²) in [6, 6.07) is 0. The van der Waals surface area contributed by atoms with Crippen molar-refractivity contribution in [1.82, 2.24) is 0 Å². The van der Waals surface area contributed by atoms with Crippen LogP contribution in [0.4, 0.5) is 0 Å². The highest BCUT2D eigenvalue weighted by atomic mass is 32.2. The second kappa shape index (κ2) is 3.11. The molecule has 0 fully saturated rings. The first kappa shape index (κ1) is 6.94. The first-order valence-electron chi connectivity index (χ1n) is 3.29. The number of thioether (sulfide) groups is 1. The van der Waals surface area contributed by atoms with Gasteiger partial charge in [0.15, 0.2) is 0 Å². The third-order valence-corrected chi connectivity index (χ3v) is 2.54. The van der Waals surface area contributed by atoms with Gasteiger partial charge in [-0.05, 0) is 13.8 Å². The lowest BCUT2D eigenvalue weighted by Gasteiger charge is -2.00. The van der Waals surface area contributed by atoms with E-state index in [1.807, 2.05) is 11.8 Å². The van der Waals surface area contributed by atoms with Crippen LogP contribution in [0.2, 0.25) is 0 Å². The minimum atomic E-state index is 0.644. The Kier molecular flexibility index (Phi) is 2.40. The molecule has 50 valence electrons. The van der Waals surface area contributed by atoms with Crippen LogP contribution < -0.4 is 0 Å². The normalized spacial score (nSPS) is 34.4. The Morgan fingerprint density at radius 1 is 1.44 bits per heavy atom. The maximum absolute atomic E-state index is 2.26. The SMILES string of the molecule is CC=CC1C=CC(C)S1. The summed E-state index contributed by atoms with van der Waals surface area (Å²) in [6.07, 6.45) is 8.86. The van der Waals surface area contributed by atoms with Crippen molar-refractivity contribution in [2.45, 2.75) is 24.3 Å². The smallest absolute Gasteiger partial charge is 0.0413 e. The lowest BCUT2D eigenvalue weighted by Crippen LogP contribution is -1.89. The van der Waals surface area contributed by atoms with Crippen LogP contribution in [-0.4, -0.2) is 10.5 Å². The summed E-state index contributed by atoms with van der Waals surface area (Å²) in [5.41, 5.74) is 0. The molecule has 0 aromatic rings. The molecular weight excluding hydrogens is 128 g/mol. The molecule has 1 heteroatoms. The van der Waals surface area contributed by atoms with E-state index in [2.05, 4.69) is 38.2 Å². The van der Waals surface area contributed by atoms with E-state index < -0.39 is 0 Å². The standard InChI is InChI=1S/C8H12S/c1-3-4-8-6-5-7(2)9-8/h3-8H,1-2H3. The summed E-state index contributed by atoms with van der Waals surface area (Å²) < 4.78 is 0. The molecule has 0 N–H and O–H groups in total. The van der Waals surface area contributed by atoms with Gasteiger partial charge in [-0.25, -0.2) is 0 Å². The van der Waals surface area contributed by atoms with Crippen LogP contribution in [0.15, 0.2) is 24.3 Å². The lowest BCUT2D eigenvalue weighted by molar-refractivity contribution is 1.27. The van der Waals surface area contributed by atoms with Crippen LogP contribution in [0.5, 0.6) is 0 Å². The van der Waals surface area contributed by atoms with Crippen LogP contribution in [0.25, 0.3) is 0 Å². The summed E-state index contributed by atoms with van der Waals surface area (Å²) in [6.45, 7) is 4.29. The van der Waals surface area contributed by atoms with E-state index in [0.29, 0.717) is 10.5 Å². The van der Waals surface area contributed by atoms with Crippen LogP contribution >= 0.6 is 11.8 Å². The van der Waals surface area contributed by atoms with Crippen molar-refractivity contribution in [2.75, 3.05) is 0 Å². The summed E-state index contributed by atoms with van der Waals surface area (Å²) in [7, 11) is 0. The molecule has 2 atom stereocenters. The number of hydrogen-bond donors (Lipinski definition) is 0. The second-order valence-electron chi connectivity index (χ2n) is 2.22. The van der Waals surface area contributed by atoms with Crippen molar-refractivity contribution in [3.63, 3.8) is 0 Å². The van der Waals surface area contributed by atoms with Gasteiger partial charge in [-0.3, -0.25) is 0 Å². The van der Waals surface area contributed by atoms with Crippen LogP contribution in [0.1, 0.15) is 13.8 Å². The molecule has 0 amide bonds. The average molecular weight is 140 g/mol. The molecule has 1 heterocycles. The number of hydrogen-bond acceptors (Lipinski definition) is 1. The zero-order chi connectivity index (χ0) is 6.69. The van der Waals surface area contributed by atoms with Crippen molar-refractivity contribution in [2.24, 2.45) is 0 Å². The fourth-order valence-electron chi connectivity index (χ4n) is 0.904. The summed E-state index contributed by atoms with van der Waals surface area (Å²) in [4.78, 5) is 0. The summed E-state index contributed by atoms with van der Waals surface area (Å²) in [5, 5.41) is 1.36. The van der Waals surface area contributed by atoms with Crippen molar-refractivity contribution in [3.8, 4) is 0 Å². The summed E-state index contributed by atoms with van der Waals surface area (Å²) >= 11 is 1.99. The molecule has 1 aliphatic heterocycles. The van der Waals surface area contributed by atoms with E-state index >= 15 is 0 Å². The molecular formula is C8H12S. The van der Waals surface area contributed by atoms with Gasteiger partial charge >= 0.3 is 0 Å². The van der Waals surface area contributed by atoms with Crippen LogP contribution in [0.3, 0.4) is 0 Å². The second-order valence-corrected chi connectivity index (χ2v) is 3.78. The average Bonchev–Trinajstić information content (AvgIpc) is 2.17. The van der Waals surface area contributed by atoms with Crippen molar-refractivity contribution >= 4 is 11.8 Å². The zero-order valence-corrected chi connectivity index (χ0v) is 6.69. The molecule has 1 rings (SSSR count). The molecule has 0 saturated carbocycles. The van der Waals surface area contributed by atoms with Crippen molar-refractivity contribution in [3.05, 3.63) is 24.3 Å². The predicted molar refractivity (Wildman–Crippen MR) is 44.8 cm³/mol. The maximum Gasteiger partial charge on any atom is 0.0413 e. The van der Waals surface area contributed by atoms with E-state index in [9.17, 15) is 0 Å². The Balaban J connectivity index is 2.41. The van der Waals surface area contributed by atoms with Crippen molar-refractivity contribution < 1.29 is 0 Å². The minimum absolute atomic E-state index is 0.644. The molecule has 9 heavy (non-hydrogen) atoms. The molecule has 1 aliphatic rings. The fourth-order valence-corrected chi connectivity index (χ4v) is 2.01. The van der Waals surface area contributed by atoms with Crippen molar-refractivity contribution in [1.29, 1.82) is 0 Å². The molecule has 0 bridgehead atoms. The minimum Gasteiger partial charge on any atom is -0.143 e. The topological polar surface area (TPSA) is 0 Å². The predicted octanol–water partition coefficient (Wildman–Crippen LogP) is 2.62. The molecule has 0 radical (unpaired) electrons. The highest BCUT2D eigenvalue weighted by Crippen LogP contribution is 2.27. The first-order chi connectivity index (χ1) is 4.33. The van der Waals surface area contributed by atoms with Crippen LogP contribution in [0, 0.1) is 0 Å². The van der Waals surface area contributed by atoms with Gasteiger partial charge in [0.05, 0.1) is 0 Å². The molecule has 0 aromatic heterocycles. The Morgan fingerprint density at radius 2 is 2.22 bits per heavy atom. The van der Waals surface area contributed by atoms with Gasteiger partial charge in [-0.1, -0.05) is 24.3 Å². The lowest BCUT2D eigenvalue weighted by atomic mass is 10.3. The molecule has 0 aromatic carbocycles. The monoisotopic (exact) mass is 140 g/mol. The summed E-state index contributed by atoms with van der Waals surface area (Å²) in [5.74, 6) is 0. The van der Waals surface area contributed by atoms with Gasteiger partial charge in [0.2, 0.25) is 0 Å². The Hall–Kier alpha value is -0.170. The first-order valence-corrected chi connectivity index (χ1v) is 4.24. The van der Waals surface area contributed by atoms with Gasteiger partial charge in [0.25, 0.3) is 0 Å². The van der Waals surface area contributed by atoms with Gasteiger partial charge in [0.1, 0.15) is 0 Å². The van der Waals surface area contributed by atoms with E-state index in [1.54, 1.807) is 0 Å². The zero-order valence-electron chi connectivity index (χ0n) is 5.87. The number of rotatable bonds is 1. The fraction of sp³-hybridized carbons (Fsp3) is 0.500. The number of allylic oxidation sites excluding steroid dienone is 1. The third-order valence-electron chi connectivity index (χ3n) is 1.33. The molecule has 2 unspecified atom stereocenters. The quantitative estimate of drug-likeness (QED) is 0.504. The van der Waals surface area contributed by atoms with Gasteiger partial charge < -0.3 is 0 Å². The Morgan fingerprint density at radius 3 is 2.67 bits per heavy atom. The molecule has 0 nitrogen and oxygen atoms in total. The highest BCUT2D eigenvalue weighted by molar-refractivity contribution is 8.01. The van der Waals surface area contributed by atoms with E-state index in [1.165, 1.54) is 0 Å². The van der Waals surface area contributed by atoms with Gasteiger partial charge in [0, 0.05) is 10.5 Å². The third kappa shape index (κ3) is 1.90. The molecule has 0 spiro atoms. The maximum atomic E-state index is 2.26. The van der Waals surface area contributed by atoms with E-state index in [4.69, 9.17) is 0 Å². The molecule has 0 aliphatic carbocycles. The highest BCUT2D eigenvalue weighted by Gasteiger charge is 2.11. The Labute approximate surface area is 61.0 Å². The van der Waals surface area contributed by atoms with E-state index in [0.717, 1.165) is 0 Å².